The van der Waals surface area contributed by atoms with Crippen LogP contribution in [0.4, 0.5) is 13.2 Å². The summed E-state index contributed by atoms with van der Waals surface area (Å²) in [6.45, 7) is 2.48. The van der Waals surface area contributed by atoms with Crippen LogP contribution in [0.1, 0.15) is 18.1 Å². The van der Waals surface area contributed by atoms with Crippen LogP contribution < -0.4 is 4.18 Å². The Bertz CT molecular complexity index is 943. The minimum absolute atomic E-state index is 0.0579. The number of alkyl halides is 3. The van der Waals surface area contributed by atoms with Crippen LogP contribution in [0.15, 0.2) is 53.4 Å². The second-order valence-corrected chi connectivity index (χ2v) is 7.69. The van der Waals surface area contributed by atoms with Gasteiger partial charge in [-0.25, -0.2) is 0 Å². The molecule has 0 N–H and O–H groups in total. The van der Waals surface area contributed by atoms with E-state index in [-0.39, 0.29) is 11.7 Å². The van der Waals surface area contributed by atoms with E-state index < -0.39 is 26.8 Å². The van der Waals surface area contributed by atoms with Crippen molar-refractivity contribution in [3.05, 3.63) is 59.7 Å². The summed E-state index contributed by atoms with van der Waals surface area (Å²) < 4.78 is 72.9. The lowest BCUT2D eigenvalue weighted by molar-refractivity contribution is -0.137. The predicted molar refractivity (Wildman–Crippen MR) is 98.7 cm³/mol. The molecule has 0 aliphatic rings. The summed E-state index contributed by atoms with van der Waals surface area (Å²) in [7, 11) is -2.92. The Morgan fingerprint density at radius 1 is 1.10 bits per heavy atom. The van der Waals surface area contributed by atoms with Crippen LogP contribution in [-0.2, 0) is 32.4 Å². The van der Waals surface area contributed by atoms with Gasteiger partial charge >= 0.3 is 16.3 Å². The first-order chi connectivity index (χ1) is 13.5. The summed E-state index contributed by atoms with van der Waals surface area (Å²) in [5.74, 6) is -0.202. The number of rotatable bonds is 8. The maximum absolute atomic E-state index is 12.8. The minimum Gasteiger partial charge on any atom is -0.383 e. The summed E-state index contributed by atoms with van der Waals surface area (Å²) >= 11 is 0. The number of halogens is 3. The first-order valence-electron chi connectivity index (χ1n) is 8.48. The van der Waals surface area contributed by atoms with E-state index in [1.807, 2.05) is 0 Å². The third-order valence-electron chi connectivity index (χ3n) is 3.96. The zero-order valence-corrected chi connectivity index (χ0v) is 16.6. The molecule has 0 heterocycles. The second kappa shape index (κ2) is 9.27. The van der Waals surface area contributed by atoms with Crippen molar-refractivity contribution in [3.63, 3.8) is 0 Å². The summed E-state index contributed by atoms with van der Waals surface area (Å²) in [5.41, 5.74) is -0.363. The number of amides is 1. The summed E-state index contributed by atoms with van der Waals surface area (Å²) in [6, 6.07) is 9.20. The summed E-state index contributed by atoms with van der Waals surface area (Å²) in [5, 5.41) is 0. The van der Waals surface area contributed by atoms with Crippen molar-refractivity contribution in [1.29, 1.82) is 0 Å². The fourth-order valence-corrected chi connectivity index (χ4v) is 3.40. The number of hydrogen-bond acceptors (Lipinski definition) is 5. The molecule has 2 rings (SSSR count). The zero-order valence-electron chi connectivity index (χ0n) is 15.8. The largest absolute Gasteiger partial charge is 0.416 e. The first-order valence-corrected chi connectivity index (χ1v) is 9.89. The summed E-state index contributed by atoms with van der Waals surface area (Å²) in [6.07, 6.45) is -4.67. The van der Waals surface area contributed by atoms with Crippen LogP contribution in [0.2, 0.25) is 0 Å². The molecule has 0 radical (unpaired) electrons. The van der Waals surface area contributed by atoms with Crippen molar-refractivity contribution in [2.75, 3.05) is 20.3 Å². The van der Waals surface area contributed by atoms with Gasteiger partial charge in [-0.1, -0.05) is 18.2 Å². The molecule has 2 aromatic carbocycles. The quantitative estimate of drug-likeness (QED) is 0.599. The highest BCUT2D eigenvalue weighted by atomic mass is 32.2. The lowest BCUT2D eigenvalue weighted by atomic mass is 10.2. The highest BCUT2D eigenvalue weighted by Gasteiger charge is 2.32. The molecule has 1 amide bonds. The lowest BCUT2D eigenvalue weighted by Crippen LogP contribution is -2.31. The molecule has 29 heavy (non-hydrogen) atoms. The molecule has 0 aliphatic heterocycles. The SMILES string of the molecule is COCCN(Cc1ccc(OS(=O)(=O)c2cccc(C(F)(F)F)c2)cc1)C(C)=O. The van der Waals surface area contributed by atoms with Gasteiger partial charge < -0.3 is 13.8 Å². The van der Waals surface area contributed by atoms with Gasteiger partial charge in [0, 0.05) is 27.1 Å². The van der Waals surface area contributed by atoms with Crippen LogP contribution in [0.5, 0.6) is 5.75 Å². The van der Waals surface area contributed by atoms with E-state index in [1.165, 1.54) is 26.2 Å². The molecular formula is C19H20F3NO5S. The van der Waals surface area contributed by atoms with Crippen LogP contribution in [0, 0.1) is 0 Å². The van der Waals surface area contributed by atoms with Gasteiger partial charge in [-0.3, -0.25) is 4.79 Å². The minimum atomic E-state index is -4.67. The van der Waals surface area contributed by atoms with E-state index in [1.54, 1.807) is 17.0 Å². The molecule has 0 bridgehead atoms. The fourth-order valence-electron chi connectivity index (χ4n) is 2.42. The molecule has 0 fully saturated rings. The Hall–Kier alpha value is -2.59. The van der Waals surface area contributed by atoms with Gasteiger partial charge in [0.2, 0.25) is 5.91 Å². The number of benzene rings is 2. The van der Waals surface area contributed by atoms with Crippen LogP contribution in [0.25, 0.3) is 0 Å². The maximum atomic E-state index is 12.8. The topological polar surface area (TPSA) is 72.9 Å². The van der Waals surface area contributed by atoms with E-state index >= 15 is 0 Å². The highest BCUT2D eigenvalue weighted by molar-refractivity contribution is 7.87. The molecule has 10 heteroatoms. The van der Waals surface area contributed by atoms with Gasteiger partial charge in [0.15, 0.2) is 0 Å². The van der Waals surface area contributed by atoms with E-state index in [0.717, 1.165) is 23.8 Å². The maximum Gasteiger partial charge on any atom is 0.416 e. The molecule has 0 spiro atoms. The van der Waals surface area contributed by atoms with Crippen LogP contribution in [-0.4, -0.2) is 39.5 Å². The smallest absolute Gasteiger partial charge is 0.383 e. The van der Waals surface area contributed by atoms with Crippen molar-refractivity contribution >= 4 is 16.0 Å². The third kappa shape index (κ3) is 6.47. The Morgan fingerprint density at radius 2 is 1.76 bits per heavy atom. The zero-order chi connectivity index (χ0) is 21.7. The van der Waals surface area contributed by atoms with Gasteiger partial charge in [0.1, 0.15) is 10.6 Å². The average Bonchev–Trinajstić information content (AvgIpc) is 2.65. The molecule has 158 valence electrons. The average molecular weight is 431 g/mol. The van der Waals surface area contributed by atoms with Crippen LogP contribution in [0.3, 0.4) is 0 Å². The van der Waals surface area contributed by atoms with Gasteiger partial charge in [-0.2, -0.15) is 21.6 Å². The van der Waals surface area contributed by atoms with E-state index in [0.29, 0.717) is 25.8 Å². The van der Waals surface area contributed by atoms with Crippen molar-refractivity contribution in [3.8, 4) is 5.75 Å². The number of ether oxygens (including phenoxy) is 1. The van der Waals surface area contributed by atoms with Crippen molar-refractivity contribution in [2.24, 2.45) is 0 Å². The fraction of sp³-hybridized carbons (Fsp3) is 0.316. The van der Waals surface area contributed by atoms with Gasteiger partial charge in [0.25, 0.3) is 0 Å². The van der Waals surface area contributed by atoms with Gasteiger partial charge in [0.05, 0.1) is 12.2 Å². The van der Waals surface area contributed by atoms with E-state index in [9.17, 15) is 26.4 Å². The van der Waals surface area contributed by atoms with Gasteiger partial charge in [-0.05, 0) is 35.9 Å². The highest BCUT2D eigenvalue weighted by Crippen LogP contribution is 2.31. The molecule has 0 aliphatic carbocycles. The van der Waals surface area contributed by atoms with E-state index in [2.05, 4.69) is 0 Å². The number of hydrogen-bond donors (Lipinski definition) is 0. The Balaban J connectivity index is 2.13. The molecule has 0 unspecified atom stereocenters. The third-order valence-corrected chi connectivity index (χ3v) is 5.21. The Kier molecular flexibility index (Phi) is 7.26. The molecule has 0 saturated heterocycles. The van der Waals surface area contributed by atoms with E-state index in [4.69, 9.17) is 8.92 Å². The normalized spacial score (nSPS) is 11.9. The second-order valence-electron chi connectivity index (χ2n) is 6.14. The number of carbonyl (C=O) groups excluding carboxylic acids is 1. The molecule has 0 saturated carbocycles. The molecule has 2 aromatic rings. The Labute approximate surface area is 167 Å². The number of nitrogens with zero attached hydrogens (tertiary/aromatic N) is 1. The van der Waals surface area contributed by atoms with Gasteiger partial charge in [-0.15, -0.1) is 0 Å². The summed E-state index contributed by atoms with van der Waals surface area (Å²) in [4.78, 5) is 12.6. The van der Waals surface area contributed by atoms with Crippen LogP contribution >= 0.6 is 0 Å². The predicted octanol–water partition coefficient (Wildman–Crippen LogP) is 3.47. The molecular weight excluding hydrogens is 411 g/mol. The first kappa shape index (κ1) is 22.7. The molecule has 0 atom stereocenters. The molecule has 0 aromatic heterocycles. The van der Waals surface area contributed by atoms with Crippen molar-refractivity contribution < 1.29 is 35.3 Å². The number of carbonyl (C=O) groups is 1. The standard InChI is InChI=1S/C19H20F3NO5S/c1-14(24)23(10-11-27-2)13-15-6-8-17(9-7-15)28-29(25,26)18-5-3-4-16(12-18)19(20,21)22/h3-9,12H,10-11,13H2,1-2H3. The Morgan fingerprint density at radius 3 is 2.31 bits per heavy atom. The molecule has 6 nitrogen and oxygen atoms in total. The monoisotopic (exact) mass is 431 g/mol. The lowest BCUT2D eigenvalue weighted by Gasteiger charge is -2.20. The van der Waals surface area contributed by atoms with Crippen molar-refractivity contribution in [2.45, 2.75) is 24.5 Å². The number of methoxy groups -OCH3 is 1. The van der Waals surface area contributed by atoms with Crippen molar-refractivity contribution in [1.82, 2.24) is 4.90 Å².